The largest absolute Gasteiger partial charge is 0.486 e. The number of carbonyl (C=O) groups excluding carboxylic acids is 1. The van der Waals surface area contributed by atoms with Gasteiger partial charge in [0.05, 0.1) is 16.8 Å². The molecule has 1 aromatic carbocycles. The third kappa shape index (κ3) is 5.03. The zero-order valence-electron chi connectivity index (χ0n) is 18.9. The van der Waals surface area contributed by atoms with Crippen molar-refractivity contribution in [3.8, 4) is 17.1 Å². The Morgan fingerprint density at radius 1 is 1.16 bits per heavy atom. The number of amides is 1. The van der Waals surface area contributed by atoms with E-state index in [9.17, 15) is 13.2 Å². The zero-order chi connectivity index (χ0) is 23.1. The maximum Gasteiger partial charge on any atom is 0.410 e. The molecule has 1 saturated heterocycles. The molecule has 1 aromatic heterocycles. The molecule has 2 aromatic rings. The number of rotatable bonds is 3. The van der Waals surface area contributed by atoms with Gasteiger partial charge in [0, 0.05) is 31.3 Å². The maximum atomic E-state index is 12.3. The van der Waals surface area contributed by atoms with Gasteiger partial charge in [-0.25, -0.2) is 23.2 Å². The van der Waals surface area contributed by atoms with E-state index in [0.717, 1.165) is 24.1 Å². The number of sulfone groups is 1. The summed E-state index contributed by atoms with van der Waals surface area (Å²) in [5.41, 5.74) is 1.13. The van der Waals surface area contributed by atoms with Crippen LogP contribution in [0.5, 0.6) is 5.75 Å². The van der Waals surface area contributed by atoms with Gasteiger partial charge in [-0.15, -0.1) is 0 Å². The zero-order valence-corrected chi connectivity index (χ0v) is 19.7. The van der Waals surface area contributed by atoms with Gasteiger partial charge in [0.15, 0.2) is 21.4 Å². The second-order valence-electron chi connectivity index (χ2n) is 9.47. The molecular weight excluding hydrogens is 430 g/mol. The molecule has 9 heteroatoms. The molecule has 0 bridgehead atoms. The first kappa shape index (κ1) is 22.5. The number of aromatic nitrogens is 2. The van der Waals surface area contributed by atoms with E-state index in [1.807, 2.05) is 20.8 Å². The highest BCUT2D eigenvalue weighted by atomic mass is 32.2. The highest BCUT2D eigenvalue weighted by molar-refractivity contribution is 7.90. The SMILES string of the molecule is CC(C)(C)OC(=O)N1CCC(C2Cc3nc(-c4ccc(S(C)(=O)=O)cc4)ncc3O2)CC1. The van der Waals surface area contributed by atoms with Gasteiger partial charge < -0.3 is 14.4 Å². The summed E-state index contributed by atoms with van der Waals surface area (Å²) in [4.78, 5) is 23.4. The predicted molar refractivity (Wildman–Crippen MR) is 119 cm³/mol. The third-order valence-corrected chi connectivity index (χ3v) is 6.89. The van der Waals surface area contributed by atoms with Crippen molar-refractivity contribution in [3.05, 3.63) is 36.2 Å². The van der Waals surface area contributed by atoms with E-state index < -0.39 is 15.4 Å². The topological polar surface area (TPSA) is 98.7 Å². The van der Waals surface area contributed by atoms with Crippen molar-refractivity contribution in [3.63, 3.8) is 0 Å². The highest BCUT2D eigenvalue weighted by Crippen LogP contribution is 2.35. The maximum absolute atomic E-state index is 12.3. The van der Waals surface area contributed by atoms with Crippen LogP contribution >= 0.6 is 0 Å². The smallest absolute Gasteiger partial charge is 0.410 e. The first-order valence-corrected chi connectivity index (χ1v) is 12.7. The minimum Gasteiger partial charge on any atom is -0.486 e. The molecule has 0 saturated carbocycles. The van der Waals surface area contributed by atoms with E-state index in [-0.39, 0.29) is 17.1 Å². The average molecular weight is 460 g/mol. The molecule has 2 aliphatic heterocycles. The molecule has 0 spiro atoms. The summed E-state index contributed by atoms with van der Waals surface area (Å²) in [6, 6.07) is 6.58. The van der Waals surface area contributed by atoms with Crippen LogP contribution in [0.3, 0.4) is 0 Å². The lowest BCUT2D eigenvalue weighted by molar-refractivity contribution is 0.0123. The van der Waals surface area contributed by atoms with Crippen molar-refractivity contribution in [2.45, 2.75) is 56.6 Å². The molecule has 1 amide bonds. The quantitative estimate of drug-likeness (QED) is 0.693. The molecule has 0 aliphatic carbocycles. The molecule has 172 valence electrons. The molecule has 4 rings (SSSR count). The number of piperidine rings is 1. The van der Waals surface area contributed by atoms with Crippen LogP contribution in [-0.4, -0.2) is 60.4 Å². The Kier molecular flexibility index (Phi) is 5.87. The molecule has 8 nitrogen and oxygen atoms in total. The van der Waals surface area contributed by atoms with E-state index in [4.69, 9.17) is 9.47 Å². The molecule has 0 N–H and O–H groups in total. The summed E-state index contributed by atoms with van der Waals surface area (Å²) in [6.07, 6.45) is 5.04. The van der Waals surface area contributed by atoms with Gasteiger partial charge in [0.25, 0.3) is 0 Å². The first-order valence-electron chi connectivity index (χ1n) is 10.8. The van der Waals surface area contributed by atoms with Crippen molar-refractivity contribution in [2.24, 2.45) is 5.92 Å². The third-order valence-electron chi connectivity index (χ3n) is 5.76. The van der Waals surface area contributed by atoms with E-state index in [1.165, 1.54) is 6.26 Å². The minimum atomic E-state index is -3.24. The van der Waals surface area contributed by atoms with E-state index in [1.54, 1.807) is 35.4 Å². The number of carbonyl (C=O) groups is 1. The number of hydrogen-bond acceptors (Lipinski definition) is 7. The standard InChI is InChI=1S/C23H29N3O5S/c1-23(2,3)31-22(27)26-11-9-15(10-12-26)19-13-18-20(30-19)14-24-21(25-18)16-5-7-17(8-6-16)32(4,28)29/h5-8,14-15,19H,9-13H2,1-4H3. The van der Waals surface area contributed by atoms with Gasteiger partial charge in [-0.2, -0.15) is 0 Å². The van der Waals surface area contributed by atoms with Crippen molar-refractivity contribution in [1.29, 1.82) is 0 Å². The van der Waals surface area contributed by atoms with Crippen molar-refractivity contribution in [1.82, 2.24) is 14.9 Å². The summed E-state index contributed by atoms with van der Waals surface area (Å²) >= 11 is 0. The van der Waals surface area contributed by atoms with Crippen molar-refractivity contribution in [2.75, 3.05) is 19.3 Å². The number of fused-ring (bicyclic) bond motifs is 1. The Hall–Kier alpha value is -2.68. The number of nitrogens with zero attached hydrogens (tertiary/aromatic N) is 3. The fourth-order valence-electron chi connectivity index (χ4n) is 4.08. The van der Waals surface area contributed by atoms with Gasteiger partial charge in [-0.1, -0.05) is 0 Å². The molecule has 0 radical (unpaired) electrons. The predicted octanol–water partition coefficient (Wildman–Crippen LogP) is 3.50. The highest BCUT2D eigenvalue weighted by Gasteiger charge is 2.36. The van der Waals surface area contributed by atoms with Crippen LogP contribution in [0.4, 0.5) is 4.79 Å². The molecule has 1 fully saturated rings. The first-order chi connectivity index (χ1) is 15.0. The Morgan fingerprint density at radius 2 is 1.81 bits per heavy atom. The fourth-order valence-corrected chi connectivity index (χ4v) is 4.71. The Bertz CT molecular complexity index is 1100. The Labute approximate surface area is 188 Å². The monoisotopic (exact) mass is 459 g/mol. The minimum absolute atomic E-state index is 0.0166. The van der Waals surface area contributed by atoms with Crippen molar-refractivity contribution < 1.29 is 22.7 Å². The number of ether oxygens (including phenoxy) is 2. The summed E-state index contributed by atoms with van der Waals surface area (Å²) in [5, 5.41) is 0. The molecule has 3 heterocycles. The van der Waals surface area contributed by atoms with Crippen LogP contribution in [0.25, 0.3) is 11.4 Å². The second kappa shape index (κ2) is 8.35. The van der Waals surface area contributed by atoms with Crippen LogP contribution in [0.1, 0.15) is 39.3 Å². The summed E-state index contributed by atoms with van der Waals surface area (Å²) in [6.45, 7) is 6.92. The Balaban J connectivity index is 1.38. The summed E-state index contributed by atoms with van der Waals surface area (Å²) in [5.74, 6) is 1.58. The van der Waals surface area contributed by atoms with Crippen LogP contribution < -0.4 is 4.74 Å². The van der Waals surface area contributed by atoms with Gasteiger partial charge in [-0.05, 0) is 63.8 Å². The second-order valence-corrected chi connectivity index (χ2v) is 11.5. The lowest BCUT2D eigenvalue weighted by Crippen LogP contribution is -2.44. The van der Waals surface area contributed by atoms with Crippen LogP contribution in [-0.2, 0) is 21.0 Å². The lowest BCUT2D eigenvalue weighted by Gasteiger charge is -2.35. The van der Waals surface area contributed by atoms with Gasteiger partial charge in [0.1, 0.15) is 11.7 Å². The van der Waals surface area contributed by atoms with E-state index >= 15 is 0 Å². The average Bonchev–Trinajstić information content (AvgIpc) is 3.15. The van der Waals surface area contributed by atoms with Gasteiger partial charge in [-0.3, -0.25) is 0 Å². The summed E-state index contributed by atoms with van der Waals surface area (Å²) < 4.78 is 34.9. The molecular formula is C23H29N3O5S. The number of benzene rings is 1. The number of likely N-dealkylation sites (tertiary alicyclic amines) is 1. The molecule has 1 unspecified atom stereocenters. The lowest BCUT2D eigenvalue weighted by atomic mass is 9.90. The van der Waals surface area contributed by atoms with Crippen LogP contribution in [0.15, 0.2) is 35.4 Å². The Morgan fingerprint density at radius 3 is 2.41 bits per heavy atom. The summed E-state index contributed by atoms with van der Waals surface area (Å²) in [7, 11) is -3.24. The normalized spacial score (nSPS) is 19.4. The molecule has 1 atom stereocenters. The fraction of sp³-hybridized carbons (Fsp3) is 0.522. The van der Waals surface area contributed by atoms with Crippen LogP contribution in [0, 0.1) is 5.92 Å². The van der Waals surface area contributed by atoms with Crippen molar-refractivity contribution >= 4 is 15.9 Å². The van der Waals surface area contributed by atoms with E-state index in [0.29, 0.717) is 37.0 Å². The van der Waals surface area contributed by atoms with Crippen LogP contribution in [0.2, 0.25) is 0 Å². The molecule has 2 aliphatic rings. The van der Waals surface area contributed by atoms with E-state index in [2.05, 4.69) is 9.97 Å². The van der Waals surface area contributed by atoms with Gasteiger partial charge in [0.2, 0.25) is 0 Å². The number of hydrogen-bond donors (Lipinski definition) is 0. The van der Waals surface area contributed by atoms with Gasteiger partial charge >= 0.3 is 6.09 Å². The molecule has 32 heavy (non-hydrogen) atoms.